The van der Waals surface area contributed by atoms with Crippen LogP contribution in [0, 0.1) is 0 Å². The second kappa shape index (κ2) is 6.09. The van der Waals surface area contributed by atoms with E-state index < -0.39 is 0 Å². The molecule has 1 aromatic rings. The summed E-state index contributed by atoms with van der Waals surface area (Å²) in [5, 5.41) is 12.7. The molecule has 3 nitrogen and oxygen atoms in total. The Balaban J connectivity index is 2.65. The van der Waals surface area contributed by atoms with Crippen LogP contribution >= 0.6 is 0 Å². The first-order chi connectivity index (χ1) is 7.27. The van der Waals surface area contributed by atoms with E-state index in [2.05, 4.69) is 5.32 Å². The van der Waals surface area contributed by atoms with Crippen LogP contribution < -0.4 is 10.1 Å². The Bertz CT molecular complexity index is 334. The molecule has 0 aliphatic rings. The molecular formula is C12H17NO2. The molecule has 0 aromatic heterocycles. The van der Waals surface area contributed by atoms with Gasteiger partial charge in [-0.25, -0.2) is 0 Å². The third kappa shape index (κ3) is 3.64. The highest BCUT2D eigenvalue weighted by molar-refractivity contribution is 5.58. The molecule has 0 aliphatic heterocycles. The molecule has 2 N–H and O–H groups in total. The Morgan fingerprint density at radius 2 is 2.27 bits per heavy atom. The standard InChI is InChI=1S/C12H17NO2/c1-13-8-4-3-5-10-6-7-11(15-2)9-12(10)14/h3,5-7,9,13-14H,4,8H2,1-2H3. The number of ether oxygens (including phenoxy) is 1. The average Bonchev–Trinajstić information content (AvgIpc) is 2.26. The lowest BCUT2D eigenvalue weighted by molar-refractivity contribution is 0.407. The van der Waals surface area contributed by atoms with E-state index in [0.29, 0.717) is 5.75 Å². The van der Waals surface area contributed by atoms with Crippen LogP contribution in [0.3, 0.4) is 0 Å². The van der Waals surface area contributed by atoms with E-state index in [4.69, 9.17) is 4.74 Å². The van der Waals surface area contributed by atoms with Crippen molar-refractivity contribution in [1.82, 2.24) is 5.32 Å². The van der Waals surface area contributed by atoms with E-state index in [9.17, 15) is 5.11 Å². The number of hydrogen-bond acceptors (Lipinski definition) is 3. The van der Waals surface area contributed by atoms with Gasteiger partial charge in [-0.1, -0.05) is 12.2 Å². The average molecular weight is 207 g/mol. The molecule has 0 bridgehead atoms. The van der Waals surface area contributed by atoms with Gasteiger partial charge in [0.2, 0.25) is 0 Å². The first-order valence-electron chi connectivity index (χ1n) is 4.96. The molecule has 0 aliphatic carbocycles. The van der Waals surface area contributed by atoms with Crippen molar-refractivity contribution in [2.75, 3.05) is 20.7 Å². The fourth-order valence-corrected chi connectivity index (χ4v) is 1.23. The van der Waals surface area contributed by atoms with Crippen LogP contribution in [0.15, 0.2) is 24.3 Å². The molecule has 1 rings (SSSR count). The summed E-state index contributed by atoms with van der Waals surface area (Å²) in [5.41, 5.74) is 0.812. The minimum atomic E-state index is 0.245. The fourth-order valence-electron chi connectivity index (χ4n) is 1.23. The fraction of sp³-hybridized carbons (Fsp3) is 0.333. The Kier molecular flexibility index (Phi) is 4.71. The molecule has 0 heterocycles. The number of phenolic OH excluding ortho intramolecular Hbond substituents is 1. The molecule has 82 valence electrons. The molecular weight excluding hydrogens is 190 g/mol. The first kappa shape index (κ1) is 11.6. The van der Waals surface area contributed by atoms with E-state index in [1.165, 1.54) is 0 Å². The summed E-state index contributed by atoms with van der Waals surface area (Å²) in [6, 6.07) is 5.28. The van der Waals surface area contributed by atoms with Crippen molar-refractivity contribution in [2.24, 2.45) is 0 Å². The van der Waals surface area contributed by atoms with Crippen LogP contribution in [-0.2, 0) is 0 Å². The molecule has 0 atom stereocenters. The number of rotatable bonds is 5. The van der Waals surface area contributed by atoms with Crippen LogP contribution in [0.25, 0.3) is 6.08 Å². The number of nitrogens with one attached hydrogen (secondary N) is 1. The molecule has 0 radical (unpaired) electrons. The molecule has 0 amide bonds. The van der Waals surface area contributed by atoms with E-state index in [0.717, 1.165) is 18.5 Å². The lowest BCUT2D eigenvalue weighted by Gasteiger charge is -2.02. The highest BCUT2D eigenvalue weighted by Gasteiger charge is 1.98. The van der Waals surface area contributed by atoms with Gasteiger partial charge in [0.15, 0.2) is 0 Å². The highest BCUT2D eigenvalue weighted by Crippen LogP contribution is 2.24. The summed E-state index contributed by atoms with van der Waals surface area (Å²) < 4.78 is 5.00. The second-order valence-corrected chi connectivity index (χ2v) is 3.22. The van der Waals surface area contributed by atoms with Gasteiger partial charge in [-0.2, -0.15) is 0 Å². The van der Waals surface area contributed by atoms with Crippen LogP contribution in [0.4, 0.5) is 0 Å². The smallest absolute Gasteiger partial charge is 0.126 e. The summed E-state index contributed by atoms with van der Waals surface area (Å²) in [5.74, 6) is 0.912. The van der Waals surface area contributed by atoms with E-state index in [-0.39, 0.29) is 5.75 Å². The third-order valence-electron chi connectivity index (χ3n) is 2.10. The van der Waals surface area contributed by atoms with Crippen LogP contribution in [-0.4, -0.2) is 25.8 Å². The lowest BCUT2D eigenvalue weighted by Crippen LogP contribution is -2.05. The Morgan fingerprint density at radius 1 is 1.47 bits per heavy atom. The minimum absolute atomic E-state index is 0.245. The summed E-state index contributed by atoms with van der Waals surface area (Å²) in [7, 11) is 3.50. The maximum atomic E-state index is 9.63. The Morgan fingerprint density at radius 3 is 2.87 bits per heavy atom. The van der Waals surface area contributed by atoms with Crippen LogP contribution in [0.5, 0.6) is 11.5 Å². The van der Waals surface area contributed by atoms with Crippen molar-refractivity contribution in [3.05, 3.63) is 29.8 Å². The van der Waals surface area contributed by atoms with Crippen LogP contribution in [0.1, 0.15) is 12.0 Å². The zero-order valence-corrected chi connectivity index (χ0v) is 9.16. The Hall–Kier alpha value is -1.48. The maximum Gasteiger partial charge on any atom is 0.126 e. The second-order valence-electron chi connectivity index (χ2n) is 3.22. The lowest BCUT2D eigenvalue weighted by atomic mass is 10.1. The number of benzene rings is 1. The van der Waals surface area contributed by atoms with Crippen LogP contribution in [0.2, 0.25) is 0 Å². The monoisotopic (exact) mass is 207 g/mol. The summed E-state index contributed by atoms with van der Waals surface area (Å²) >= 11 is 0. The predicted octanol–water partition coefficient (Wildman–Crippen LogP) is 2.02. The highest BCUT2D eigenvalue weighted by atomic mass is 16.5. The van der Waals surface area contributed by atoms with Gasteiger partial charge < -0.3 is 15.2 Å². The maximum absolute atomic E-state index is 9.63. The summed E-state index contributed by atoms with van der Waals surface area (Å²) in [6.07, 6.45) is 4.88. The SMILES string of the molecule is CNCCC=Cc1ccc(OC)cc1O. The van der Waals surface area contributed by atoms with Crippen molar-refractivity contribution in [2.45, 2.75) is 6.42 Å². The van der Waals surface area contributed by atoms with Gasteiger partial charge in [0, 0.05) is 11.6 Å². The molecule has 3 heteroatoms. The van der Waals surface area contributed by atoms with Crippen molar-refractivity contribution in [1.29, 1.82) is 0 Å². The predicted molar refractivity (Wildman–Crippen MR) is 62.2 cm³/mol. The number of aromatic hydroxyl groups is 1. The van der Waals surface area contributed by atoms with Gasteiger partial charge in [0.1, 0.15) is 11.5 Å². The van der Waals surface area contributed by atoms with Gasteiger partial charge in [-0.05, 0) is 32.1 Å². The van der Waals surface area contributed by atoms with Gasteiger partial charge >= 0.3 is 0 Å². The van der Waals surface area contributed by atoms with Crippen molar-refractivity contribution in [3.8, 4) is 11.5 Å². The minimum Gasteiger partial charge on any atom is -0.507 e. The number of hydrogen-bond donors (Lipinski definition) is 2. The zero-order chi connectivity index (χ0) is 11.1. The number of methoxy groups -OCH3 is 1. The normalized spacial score (nSPS) is 10.8. The third-order valence-corrected chi connectivity index (χ3v) is 2.10. The number of phenols is 1. The molecule has 15 heavy (non-hydrogen) atoms. The topological polar surface area (TPSA) is 41.5 Å². The van der Waals surface area contributed by atoms with Gasteiger partial charge in [-0.3, -0.25) is 0 Å². The summed E-state index contributed by atoms with van der Waals surface area (Å²) in [4.78, 5) is 0. The molecule has 1 aromatic carbocycles. The zero-order valence-electron chi connectivity index (χ0n) is 9.16. The molecule has 0 saturated carbocycles. The molecule has 0 fully saturated rings. The molecule has 0 spiro atoms. The van der Waals surface area contributed by atoms with Crippen molar-refractivity contribution in [3.63, 3.8) is 0 Å². The van der Waals surface area contributed by atoms with E-state index in [1.54, 1.807) is 13.2 Å². The van der Waals surface area contributed by atoms with Crippen molar-refractivity contribution < 1.29 is 9.84 Å². The first-order valence-corrected chi connectivity index (χ1v) is 4.96. The van der Waals surface area contributed by atoms with Gasteiger partial charge in [-0.15, -0.1) is 0 Å². The molecule has 0 unspecified atom stereocenters. The van der Waals surface area contributed by atoms with Crippen molar-refractivity contribution >= 4 is 6.08 Å². The quantitative estimate of drug-likeness (QED) is 0.726. The van der Waals surface area contributed by atoms with E-state index >= 15 is 0 Å². The Labute approximate surface area is 90.4 Å². The van der Waals surface area contributed by atoms with E-state index in [1.807, 2.05) is 31.3 Å². The summed E-state index contributed by atoms with van der Waals surface area (Å²) in [6.45, 7) is 0.938. The van der Waals surface area contributed by atoms with Gasteiger partial charge in [0.05, 0.1) is 7.11 Å². The largest absolute Gasteiger partial charge is 0.507 e. The van der Waals surface area contributed by atoms with Gasteiger partial charge in [0.25, 0.3) is 0 Å². The molecule has 0 saturated heterocycles.